The van der Waals surface area contributed by atoms with E-state index in [1.165, 1.54) is 24.3 Å². The molecule has 0 heterocycles. The summed E-state index contributed by atoms with van der Waals surface area (Å²) in [6.45, 7) is 1.72. The van der Waals surface area contributed by atoms with Crippen molar-refractivity contribution in [3.8, 4) is 0 Å². The first-order chi connectivity index (χ1) is 8.97. The van der Waals surface area contributed by atoms with Gasteiger partial charge in [-0.3, -0.25) is 4.79 Å². The van der Waals surface area contributed by atoms with Crippen LogP contribution < -0.4 is 11.1 Å². The first kappa shape index (κ1) is 13.4. The summed E-state index contributed by atoms with van der Waals surface area (Å²) in [5, 5.41) is 3.02. The molecule has 0 bridgehead atoms. The highest BCUT2D eigenvalue weighted by atomic mass is 35.5. The molecule has 3 N–H and O–H groups in total. The van der Waals surface area contributed by atoms with E-state index in [0.717, 1.165) is 0 Å². The quantitative estimate of drug-likeness (QED) is 0.824. The second-order valence-electron chi connectivity index (χ2n) is 4.15. The molecule has 2 aromatic rings. The fraction of sp³-hybridized carbons (Fsp3) is 0.0714. The average molecular weight is 279 g/mol. The van der Waals surface area contributed by atoms with Crippen LogP contribution in [0.15, 0.2) is 36.4 Å². The molecule has 98 valence electrons. The maximum Gasteiger partial charge on any atom is 0.255 e. The largest absolute Gasteiger partial charge is 0.398 e. The van der Waals surface area contributed by atoms with E-state index in [4.69, 9.17) is 17.3 Å². The topological polar surface area (TPSA) is 55.1 Å². The van der Waals surface area contributed by atoms with Crippen LogP contribution in [-0.4, -0.2) is 5.91 Å². The molecule has 0 aromatic heterocycles. The number of nitrogen functional groups attached to an aromatic ring is 1. The third kappa shape index (κ3) is 3.03. The lowest BCUT2D eigenvalue weighted by Crippen LogP contribution is -2.13. The van der Waals surface area contributed by atoms with E-state index in [-0.39, 0.29) is 11.7 Å². The van der Waals surface area contributed by atoms with Crippen molar-refractivity contribution in [1.29, 1.82) is 0 Å². The molecule has 0 saturated carbocycles. The SMILES string of the molecule is Cc1cc(F)ccc1NC(=O)c1ccc(N)c(Cl)c1. The van der Waals surface area contributed by atoms with Gasteiger partial charge in [-0.1, -0.05) is 11.6 Å². The summed E-state index contributed by atoms with van der Waals surface area (Å²) in [4.78, 5) is 12.0. The van der Waals surface area contributed by atoms with E-state index in [1.54, 1.807) is 19.1 Å². The van der Waals surface area contributed by atoms with Crippen LogP contribution in [0.25, 0.3) is 0 Å². The van der Waals surface area contributed by atoms with Crippen LogP contribution in [0.3, 0.4) is 0 Å². The predicted octanol–water partition coefficient (Wildman–Crippen LogP) is 3.62. The van der Waals surface area contributed by atoms with Gasteiger partial charge in [0.2, 0.25) is 0 Å². The Morgan fingerprint density at radius 2 is 2.00 bits per heavy atom. The number of carbonyl (C=O) groups excluding carboxylic acids is 1. The number of benzene rings is 2. The molecule has 0 aliphatic rings. The number of amides is 1. The Morgan fingerprint density at radius 1 is 1.26 bits per heavy atom. The zero-order valence-electron chi connectivity index (χ0n) is 10.2. The van der Waals surface area contributed by atoms with E-state index in [1.807, 2.05) is 0 Å². The van der Waals surface area contributed by atoms with Gasteiger partial charge in [-0.25, -0.2) is 4.39 Å². The molecule has 0 aliphatic heterocycles. The Hall–Kier alpha value is -2.07. The number of anilines is 2. The summed E-state index contributed by atoms with van der Waals surface area (Å²) in [7, 11) is 0. The van der Waals surface area contributed by atoms with E-state index < -0.39 is 0 Å². The second-order valence-corrected chi connectivity index (χ2v) is 4.56. The smallest absolute Gasteiger partial charge is 0.255 e. The molecule has 0 radical (unpaired) electrons. The summed E-state index contributed by atoms with van der Waals surface area (Å²) < 4.78 is 13.0. The van der Waals surface area contributed by atoms with E-state index in [0.29, 0.717) is 27.5 Å². The Bertz CT molecular complexity index is 643. The highest BCUT2D eigenvalue weighted by Crippen LogP contribution is 2.21. The van der Waals surface area contributed by atoms with Gasteiger partial charge in [-0.15, -0.1) is 0 Å². The second kappa shape index (κ2) is 5.28. The first-order valence-electron chi connectivity index (χ1n) is 5.60. The van der Waals surface area contributed by atoms with E-state index in [9.17, 15) is 9.18 Å². The van der Waals surface area contributed by atoms with Gasteiger partial charge < -0.3 is 11.1 Å². The molecule has 0 atom stereocenters. The van der Waals surface area contributed by atoms with E-state index in [2.05, 4.69) is 5.32 Å². The van der Waals surface area contributed by atoms with Crippen LogP contribution in [0.4, 0.5) is 15.8 Å². The third-order valence-electron chi connectivity index (χ3n) is 2.70. The molecule has 0 unspecified atom stereocenters. The Balaban J connectivity index is 2.23. The van der Waals surface area contributed by atoms with Crippen LogP contribution in [0.5, 0.6) is 0 Å². The van der Waals surface area contributed by atoms with Crippen LogP contribution >= 0.6 is 11.6 Å². The fourth-order valence-corrected chi connectivity index (χ4v) is 1.81. The van der Waals surface area contributed by atoms with Crippen molar-refractivity contribution in [3.05, 3.63) is 58.4 Å². The zero-order valence-corrected chi connectivity index (χ0v) is 11.0. The molecule has 19 heavy (non-hydrogen) atoms. The van der Waals surface area contributed by atoms with Crippen LogP contribution in [0, 0.1) is 12.7 Å². The molecule has 2 aromatic carbocycles. The van der Waals surface area contributed by atoms with Gasteiger partial charge in [0.05, 0.1) is 10.7 Å². The standard InChI is InChI=1S/C14H12ClFN2O/c1-8-6-10(16)3-5-13(8)18-14(19)9-2-4-12(17)11(15)7-9/h2-7H,17H2,1H3,(H,18,19). The van der Waals surface area contributed by atoms with Gasteiger partial charge in [0, 0.05) is 11.3 Å². The first-order valence-corrected chi connectivity index (χ1v) is 5.97. The van der Waals surface area contributed by atoms with Crippen molar-refractivity contribution in [2.45, 2.75) is 6.92 Å². The number of nitrogens with two attached hydrogens (primary N) is 1. The highest BCUT2D eigenvalue weighted by molar-refractivity contribution is 6.33. The third-order valence-corrected chi connectivity index (χ3v) is 3.03. The van der Waals surface area contributed by atoms with Crippen molar-refractivity contribution in [3.63, 3.8) is 0 Å². The normalized spacial score (nSPS) is 10.3. The molecule has 3 nitrogen and oxygen atoms in total. The molecule has 0 aliphatic carbocycles. The zero-order chi connectivity index (χ0) is 14.0. The minimum Gasteiger partial charge on any atom is -0.398 e. The van der Waals surface area contributed by atoms with Crippen LogP contribution in [0.1, 0.15) is 15.9 Å². The molecule has 1 amide bonds. The average Bonchev–Trinajstić information content (AvgIpc) is 2.36. The lowest BCUT2D eigenvalue weighted by molar-refractivity contribution is 0.102. The monoisotopic (exact) mass is 278 g/mol. The Morgan fingerprint density at radius 3 is 2.63 bits per heavy atom. The maximum absolute atomic E-state index is 13.0. The van der Waals surface area contributed by atoms with Crippen molar-refractivity contribution in [1.82, 2.24) is 0 Å². The molecule has 0 fully saturated rings. The minimum atomic E-state index is -0.342. The van der Waals surface area contributed by atoms with Crippen molar-refractivity contribution in [2.24, 2.45) is 0 Å². The number of carbonyl (C=O) groups is 1. The fourth-order valence-electron chi connectivity index (χ4n) is 1.63. The van der Waals surface area contributed by atoms with E-state index >= 15 is 0 Å². The Kier molecular flexibility index (Phi) is 3.71. The number of hydrogen-bond donors (Lipinski definition) is 2. The van der Waals surface area contributed by atoms with Gasteiger partial charge in [-0.05, 0) is 48.9 Å². The van der Waals surface area contributed by atoms with Crippen molar-refractivity contribution in [2.75, 3.05) is 11.1 Å². The van der Waals surface area contributed by atoms with Crippen LogP contribution in [-0.2, 0) is 0 Å². The summed E-state index contributed by atoms with van der Waals surface area (Å²) in [6, 6.07) is 8.79. The number of aryl methyl sites for hydroxylation is 1. The van der Waals surface area contributed by atoms with Crippen molar-refractivity contribution < 1.29 is 9.18 Å². The summed E-state index contributed by atoms with van der Waals surface area (Å²) >= 11 is 5.86. The number of halogens is 2. The Labute approximate surface area is 115 Å². The highest BCUT2D eigenvalue weighted by Gasteiger charge is 2.09. The molecule has 5 heteroatoms. The van der Waals surface area contributed by atoms with Gasteiger partial charge in [-0.2, -0.15) is 0 Å². The number of nitrogens with one attached hydrogen (secondary N) is 1. The minimum absolute atomic E-state index is 0.323. The maximum atomic E-state index is 13.0. The molecular weight excluding hydrogens is 267 g/mol. The predicted molar refractivity (Wildman–Crippen MR) is 75.0 cm³/mol. The van der Waals surface area contributed by atoms with Gasteiger partial charge >= 0.3 is 0 Å². The van der Waals surface area contributed by atoms with Gasteiger partial charge in [0.25, 0.3) is 5.91 Å². The lowest BCUT2D eigenvalue weighted by Gasteiger charge is -2.09. The summed E-state index contributed by atoms with van der Waals surface area (Å²) in [6.07, 6.45) is 0. The molecule has 0 saturated heterocycles. The van der Waals surface area contributed by atoms with Crippen LogP contribution in [0.2, 0.25) is 5.02 Å². The number of hydrogen-bond acceptors (Lipinski definition) is 2. The molecule has 2 rings (SSSR count). The summed E-state index contributed by atoms with van der Waals surface area (Å²) in [5.74, 6) is -0.664. The summed E-state index contributed by atoms with van der Waals surface area (Å²) in [5.41, 5.74) is 7.58. The number of rotatable bonds is 2. The molecular formula is C14H12ClFN2O. The lowest BCUT2D eigenvalue weighted by atomic mass is 10.1. The van der Waals surface area contributed by atoms with Crippen molar-refractivity contribution >= 4 is 28.9 Å². The van der Waals surface area contributed by atoms with Gasteiger partial charge in [0.15, 0.2) is 0 Å². The molecule has 0 spiro atoms. The van der Waals surface area contributed by atoms with Gasteiger partial charge in [0.1, 0.15) is 5.82 Å².